The molecule has 0 aliphatic carbocycles. The van der Waals surface area contributed by atoms with Gasteiger partial charge >= 0.3 is 0 Å². The van der Waals surface area contributed by atoms with E-state index < -0.39 is 13.2 Å². The molecule has 0 spiro atoms. The molecule has 0 bridgehead atoms. The van der Waals surface area contributed by atoms with Crippen LogP contribution in [0.4, 0.5) is 0 Å². The predicted molar refractivity (Wildman–Crippen MR) is 64.1 cm³/mol. The lowest BCUT2D eigenvalue weighted by atomic mass is 9.95. The highest BCUT2D eigenvalue weighted by Gasteiger charge is 2.20. The minimum Gasteiger partial charge on any atom is -0.507 e. The summed E-state index contributed by atoms with van der Waals surface area (Å²) in [6.07, 6.45) is 0. The molecule has 0 aliphatic heterocycles. The Balaban J connectivity index is 0.00000256. The predicted octanol–water partition coefficient (Wildman–Crippen LogP) is -0.364. The molecule has 0 heterocycles. The molecule has 1 aromatic carbocycles. The van der Waals surface area contributed by atoms with Gasteiger partial charge in [-0.3, -0.25) is 0 Å². The van der Waals surface area contributed by atoms with Crippen molar-refractivity contribution in [3.05, 3.63) is 22.3 Å². The van der Waals surface area contributed by atoms with Gasteiger partial charge < -0.3 is 31.9 Å². The Bertz CT molecular complexity index is 324. The molecule has 98 valence electrons. The van der Waals surface area contributed by atoms with Crippen LogP contribution in [0.5, 0.6) is 11.5 Å². The highest BCUT2D eigenvalue weighted by Crippen LogP contribution is 2.37. The summed E-state index contributed by atoms with van der Waals surface area (Å²) in [7, 11) is 0. The summed E-state index contributed by atoms with van der Waals surface area (Å²) in [5, 5.41) is 37.9. The van der Waals surface area contributed by atoms with Gasteiger partial charge in [0.25, 0.3) is 0 Å². The second-order valence-corrected chi connectivity index (χ2v) is 3.34. The second kappa shape index (κ2) is 6.41. The van der Waals surface area contributed by atoms with Crippen molar-refractivity contribution in [2.75, 3.05) is 0 Å². The Labute approximate surface area is 100 Å². The topological polar surface area (TPSA) is 133 Å². The molecule has 1 aromatic rings. The lowest BCUT2D eigenvalue weighted by molar-refractivity contribution is 0.263. The fourth-order valence-electron chi connectivity index (χ4n) is 1.72. The van der Waals surface area contributed by atoms with Crippen molar-refractivity contribution in [3.8, 4) is 11.5 Å². The molecule has 0 saturated heterocycles. The lowest BCUT2D eigenvalue weighted by Gasteiger charge is -2.17. The molecule has 1 rings (SSSR count). The Morgan fingerprint density at radius 2 is 1.00 bits per heavy atom. The highest BCUT2D eigenvalue weighted by atomic mass is 16.3. The smallest absolute Gasteiger partial charge is 0.126 e. The maximum atomic E-state index is 9.82. The van der Waals surface area contributed by atoms with Gasteiger partial charge in [-0.05, 0) is 0 Å². The largest absolute Gasteiger partial charge is 0.507 e. The average molecular weight is 244 g/mol. The summed E-state index contributed by atoms with van der Waals surface area (Å²) < 4.78 is 0. The van der Waals surface area contributed by atoms with Crippen molar-refractivity contribution >= 4 is 0 Å². The van der Waals surface area contributed by atoms with E-state index in [1.54, 1.807) is 0 Å². The number of hydrogen-bond acceptors (Lipinski definition) is 6. The number of hydrogen-bond donors (Lipinski definition) is 6. The van der Waals surface area contributed by atoms with Gasteiger partial charge in [-0.15, -0.1) is 0 Å². The summed E-state index contributed by atoms with van der Waals surface area (Å²) in [5.41, 5.74) is 11.6. The van der Waals surface area contributed by atoms with Gasteiger partial charge in [-0.1, -0.05) is 7.43 Å². The third-order valence-electron chi connectivity index (χ3n) is 2.60. The minimum atomic E-state index is -0.454. The molecule has 0 aromatic heterocycles. The van der Waals surface area contributed by atoms with Crippen LogP contribution < -0.4 is 11.5 Å². The number of aromatic hydroxyl groups is 2. The first-order chi connectivity index (χ1) is 7.62. The Morgan fingerprint density at radius 3 is 1.18 bits per heavy atom. The van der Waals surface area contributed by atoms with Gasteiger partial charge in [0.15, 0.2) is 0 Å². The standard InChI is InChI=1S/C10H16N2O4.CH4/c11-1-5-7(3-13)10(16)6(2-12)8(4-14)9(5)15;/h13-16H,1-4,11-12H2;1H4. The van der Waals surface area contributed by atoms with Crippen molar-refractivity contribution < 1.29 is 20.4 Å². The highest BCUT2D eigenvalue weighted by molar-refractivity contribution is 5.57. The van der Waals surface area contributed by atoms with Gasteiger partial charge in [-0.2, -0.15) is 0 Å². The molecule has 6 heteroatoms. The van der Waals surface area contributed by atoms with E-state index in [4.69, 9.17) is 21.7 Å². The molecule has 0 aliphatic rings. The van der Waals surface area contributed by atoms with Crippen LogP contribution in [0.3, 0.4) is 0 Å². The Hall–Kier alpha value is -1.34. The van der Waals surface area contributed by atoms with Crippen molar-refractivity contribution in [2.45, 2.75) is 33.7 Å². The van der Waals surface area contributed by atoms with Crippen LogP contribution in [0, 0.1) is 0 Å². The first-order valence-electron chi connectivity index (χ1n) is 4.81. The molecule has 0 saturated carbocycles. The molecular formula is C11H20N2O4. The summed E-state index contributed by atoms with van der Waals surface area (Å²) in [5.74, 6) is -0.431. The molecule has 6 nitrogen and oxygen atoms in total. The zero-order chi connectivity index (χ0) is 12.3. The zero-order valence-corrected chi connectivity index (χ0v) is 8.77. The maximum Gasteiger partial charge on any atom is 0.126 e. The number of phenols is 2. The van der Waals surface area contributed by atoms with Gasteiger partial charge in [0.1, 0.15) is 11.5 Å². The fourth-order valence-corrected chi connectivity index (χ4v) is 1.72. The molecule has 8 N–H and O–H groups in total. The average Bonchev–Trinajstić information content (AvgIpc) is 2.30. The Kier molecular flexibility index (Phi) is 5.90. The van der Waals surface area contributed by atoms with E-state index in [0.717, 1.165) is 0 Å². The first-order valence-corrected chi connectivity index (χ1v) is 4.81. The van der Waals surface area contributed by atoms with Gasteiger partial charge in [0, 0.05) is 35.3 Å². The molecule has 0 atom stereocenters. The molecule has 0 fully saturated rings. The van der Waals surface area contributed by atoms with E-state index in [0.29, 0.717) is 0 Å². The van der Waals surface area contributed by atoms with Crippen LogP contribution in [0.1, 0.15) is 29.7 Å². The number of nitrogens with two attached hydrogens (primary N) is 2. The molecule has 17 heavy (non-hydrogen) atoms. The van der Waals surface area contributed by atoms with Crippen LogP contribution in [0.25, 0.3) is 0 Å². The summed E-state index contributed by atoms with van der Waals surface area (Å²) >= 11 is 0. The maximum absolute atomic E-state index is 9.82. The van der Waals surface area contributed by atoms with Crippen molar-refractivity contribution in [1.29, 1.82) is 0 Å². The third kappa shape index (κ3) is 2.50. The number of aliphatic hydroxyl groups excluding tert-OH is 2. The van der Waals surface area contributed by atoms with E-state index in [1.807, 2.05) is 0 Å². The quantitative estimate of drug-likeness (QED) is 0.400. The third-order valence-corrected chi connectivity index (χ3v) is 2.60. The van der Waals surface area contributed by atoms with Gasteiger partial charge in [-0.25, -0.2) is 0 Å². The van der Waals surface area contributed by atoms with Crippen molar-refractivity contribution in [1.82, 2.24) is 0 Å². The summed E-state index contributed by atoms with van der Waals surface area (Å²) in [6, 6.07) is 0. The molecular weight excluding hydrogens is 224 g/mol. The second-order valence-electron chi connectivity index (χ2n) is 3.34. The monoisotopic (exact) mass is 244 g/mol. The van der Waals surface area contributed by atoms with Crippen molar-refractivity contribution in [2.24, 2.45) is 11.5 Å². The van der Waals surface area contributed by atoms with E-state index in [9.17, 15) is 10.2 Å². The number of rotatable bonds is 4. The van der Waals surface area contributed by atoms with E-state index in [2.05, 4.69) is 0 Å². The number of benzene rings is 1. The molecule has 0 unspecified atom stereocenters. The van der Waals surface area contributed by atoms with Crippen LogP contribution >= 0.6 is 0 Å². The Morgan fingerprint density at radius 1 is 0.706 bits per heavy atom. The number of aliphatic hydroxyl groups is 2. The van der Waals surface area contributed by atoms with E-state index in [-0.39, 0.29) is 54.3 Å². The fraction of sp³-hybridized carbons (Fsp3) is 0.455. The molecule has 0 radical (unpaired) electrons. The van der Waals surface area contributed by atoms with E-state index >= 15 is 0 Å². The van der Waals surface area contributed by atoms with Crippen LogP contribution in [-0.4, -0.2) is 20.4 Å². The van der Waals surface area contributed by atoms with Gasteiger partial charge in [0.2, 0.25) is 0 Å². The van der Waals surface area contributed by atoms with Crippen molar-refractivity contribution in [3.63, 3.8) is 0 Å². The summed E-state index contributed by atoms with van der Waals surface area (Å²) in [6.45, 7) is -1.00. The van der Waals surface area contributed by atoms with Crippen LogP contribution in [0.2, 0.25) is 0 Å². The normalized spacial score (nSPS) is 10.1. The van der Waals surface area contributed by atoms with E-state index in [1.165, 1.54) is 0 Å². The lowest BCUT2D eigenvalue weighted by Crippen LogP contribution is -2.10. The van der Waals surface area contributed by atoms with Gasteiger partial charge in [0.05, 0.1) is 13.2 Å². The first kappa shape index (κ1) is 15.7. The molecule has 0 amide bonds. The minimum absolute atomic E-state index is 0. The summed E-state index contributed by atoms with van der Waals surface area (Å²) in [4.78, 5) is 0. The van der Waals surface area contributed by atoms with Crippen LogP contribution in [0.15, 0.2) is 0 Å². The zero-order valence-electron chi connectivity index (χ0n) is 8.77. The SMILES string of the molecule is C.NCc1c(O)c(CO)c(CN)c(O)c1CO. The van der Waals surface area contributed by atoms with Crippen LogP contribution in [-0.2, 0) is 26.3 Å².